The second-order valence-corrected chi connectivity index (χ2v) is 8.43. The third kappa shape index (κ3) is 6.26. The van der Waals surface area contributed by atoms with E-state index < -0.39 is 47.6 Å². The summed E-state index contributed by atoms with van der Waals surface area (Å²) in [5.74, 6) is -3.91. The fourth-order valence-corrected chi connectivity index (χ4v) is 3.73. The Labute approximate surface area is 214 Å². The number of phenolic OH excluding ortho intramolecular Hbond substituents is 1. The lowest BCUT2D eigenvalue weighted by molar-refractivity contribution is -0.160. The number of nitrogens with one attached hydrogen (secondary N) is 1. The molecule has 0 aromatic heterocycles. The number of nitrogens with two attached hydrogens (primary N) is 1. The molecule has 2 aromatic carbocycles. The summed E-state index contributed by atoms with van der Waals surface area (Å²) < 4.78 is 5.40. The van der Waals surface area contributed by atoms with Gasteiger partial charge < -0.3 is 41.2 Å². The van der Waals surface area contributed by atoms with Crippen molar-refractivity contribution in [3.05, 3.63) is 58.6 Å². The third-order valence-corrected chi connectivity index (χ3v) is 5.86. The summed E-state index contributed by atoms with van der Waals surface area (Å²) in [5, 5.41) is 42.7. The van der Waals surface area contributed by atoms with E-state index >= 15 is 0 Å². The van der Waals surface area contributed by atoms with Gasteiger partial charge in [0.25, 0.3) is 5.91 Å². The Morgan fingerprint density at radius 1 is 1.16 bits per heavy atom. The van der Waals surface area contributed by atoms with Crippen molar-refractivity contribution in [2.45, 2.75) is 24.5 Å². The van der Waals surface area contributed by atoms with Crippen LogP contribution in [0.3, 0.4) is 0 Å². The molecule has 7 N–H and O–H groups in total. The zero-order chi connectivity index (χ0) is 27.3. The molecule has 0 aliphatic carbocycles. The minimum atomic E-state index is -1.39. The van der Waals surface area contributed by atoms with Crippen molar-refractivity contribution in [3.63, 3.8) is 0 Å². The largest absolute Gasteiger partial charge is 0.506 e. The molecule has 0 saturated carbocycles. The van der Waals surface area contributed by atoms with Crippen LogP contribution in [0, 0.1) is 0 Å². The molecule has 1 unspecified atom stereocenters. The average Bonchev–Trinajstić information content (AvgIpc) is 2.86. The lowest BCUT2D eigenvalue weighted by Crippen LogP contribution is -2.66. The molecule has 196 valence electrons. The predicted molar refractivity (Wildman–Crippen MR) is 128 cm³/mol. The number of carbonyl (C=O) groups is 4. The van der Waals surface area contributed by atoms with Crippen LogP contribution in [-0.4, -0.2) is 80.1 Å². The van der Waals surface area contributed by atoms with E-state index in [0.717, 1.165) is 4.90 Å². The first-order valence-electron chi connectivity index (χ1n) is 10.8. The van der Waals surface area contributed by atoms with Gasteiger partial charge in [0.05, 0.1) is 18.2 Å². The van der Waals surface area contributed by atoms with Crippen LogP contribution in [0.4, 0.5) is 0 Å². The molecular formula is C23H23ClN4O9. The normalized spacial score (nSPS) is 16.9. The number of likely N-dealkylation sites (tertiary alicyclic amines) is 1. The van der Waals surface area contributed by atoms with Gasteiger partial charge in [0.2, 0.25) is 5.91 Å². The number of carboxylic acids is 2. The third-order valence-electron chi connectivity index (χ3n) is 5.56. The monoisotopic (exact) mass is 534 g/mol. The lowest BCUT2D eigenvalue weighted by Gasteiger charge is -2.42. The summed E-state index contributed by atoms with van der Waals surface area (Å²) in [6, 6.07) is 6.04. The minimum Gasteiger partial charge on any atom is -0.506 e. The highest BCUT2D eigenvalue weighted by molar-refractivity contribution is 6.45. The quantitative estimate of drug-likeness (QED) is 0.102. The Balaban J connectivity index is 1.60. The molecule has 2 amide bonds. The molecule has 1 aliphatic rings. The van der Waals surface area contributed by atoms with Gasteiger partial charge in [-0.2, -0.15) is 0 Å². The van der Waals surface area contributed by atoms with E-state index in [1.165, 1.54) is 42.5 Å². The van der Waals surface area contributed by atoms with Gasteiger partial charge >= 0.3 is 11.9 Å². The van der Waals surface area contributed by atoms with Crippen LogP contribution in [0.15, 0.2) is 47.6 Å². The molecular weight excluding hydrogens is 512 g/mol. The van der Waals surface area contributed by atoms with Crippen LogP contribution in [0.5, 0.6) is 11.5 Å². The average molecular weight is 535 g/mol. The van der Waals surface area contributed by atoms with E-state index in [1.54, 1.807) is 0 Å². The van der Waals surface area contributed by atoms with Crippen LogP contribution >= 0.6 is 11.6 Å². The number of carbonyl (C=O) groups excluding carboxylic acids is 2. The Kier molecular flexibility index (Phi) is 8.52. The van der Waals surface area contributed by atoms with Crippen LogP contribution in [0.2, 0.25) is 5.02 Å². The van der Waals surface area contributed by atoms with Gasteiger partial charge in [0, 0.05) is 12.0 Å². The maximum Gasteiger partial charge on any atom is 0.331 e. The lowest BCUT2D eigenvalue weighted by atomic mass is 9.97. The molecule has 1 heterocycles. The summed E-state index contributed by atoms with van der Waals surface area (Å²) in [7, 11) is 0. The Morgan fingerprint density at radius 2 is 1.84 bits per heavy atom. The van der Waals surface area contributed by atoms with Gasteiger partial charge in [0.1, 0.15) is 23.6 Å². The highest BCUT2D eigenvalue weighted by atomic mass is 35.5. The maximum absolute atomic E-state index is 12.7. The number of ether oxygens (including phenoxy) is 1. The Morgan fingerprint density at radius 3 is 2.38 bits per heavy atom. The second kappa shape index (κ2) is 11.6. The highest BCUT2D eigenvalue weighted by Crippen LogP contribution is 2.32. The van der Waals surface area contributed by atoms with Crippen LogP contribution in [-0.2, 0) is 19.2 Å². The standard InChI is InChI=1S/C23H23ClN4O9/c24-14-9-12(3-6-17(14)29)19(23(34)35)28-10-16(21(28)31)26-20(30)18(27-36)11-1-4-13(5-2-11)37-8-7-15(25)22(32)33/h1-6,9,15-16,19,29,36H,7-8,10,25H2,(H,26,30)(H,32,33)(H,34,35)/b27-18-/t15?,16-,19+/m0/s1. The summed E-state index contributed by atoms with van der Waals surface area (Å²) in [5.41, 5.74) is 5.37. The number of oxime groups is 1. The van der Waals surface area contributed by atoms with E-state index in [1.807, 2.05) is 0 Å². The topological polar surface area (TPSA) is 212 Å². The van der Waals surface area contributed by atoms with Crippen LogP contribution in [0.25, 0.3) is 0 Å². The second-order valence-electron chi connectivity index (χ2n) is 8.02. The van der Waals surface area contributed by atoms with Crippen molar-refractivity contribution in [1.82, 2.24) is 10.2 Å². The van der Waals surface area contributed by atoms with E-state index in [2.05, 4.69) is 10.5 Å². The van der Waals surface area contributed by atoms with Gasteiger partial charge in [-0.3, -0.25) is 14.4 Å². The zero-order valence-electron chi connectivity index (χ0n) is 19.1. The Hall–Kier alpha value is -4.36. The van der Waals surface area contributed by atoms with E-state index in [0.29, 0.717) is 5.75 Å². The predicted octanol–water partition coefficient (Wildman–Crippen LogP) is 0.558. The first kappa shape index (κ1) is 27.2. The smallest absolute Gasteiger partial charge is 0.331 e. The van der Waals surface area contributed by atoms with Gasteiger partial charge in [-0.15, -0.1) is 0 Å². The van der Waals surface area contributed by atoms with E-state index in [-0.39, 0.29) is 41.5 Å². The molecule has 3 rings (SSSR count). The van der Waals surface area contributed by atoms with Crippen LogP contribution in [0.1, 0.15) is 23.6 Å². The number of rotatable bonds is 11. The number of carboxylic acid groups (broad SMARTS) is 2. The number of phenols is 1. The number of hydrogen-bond acceptors (Lipinski definition) is 9. The summed E-state index contributed by atoms with van der Waals surface area (Å²) in [6.07, 6.45) is 0.0811. The minimum absolute atomic E-state index is 0.0439. The van der Waals surface area contributed by atoms with Crippen molar-refractivity contribution in [3.8, 4) is 11.5 Å². The molecule has 14 heteroatoms. The molecule has 2 aromatic rings. The number of benzene rings is 2. The fraction of sp³-hybridized carbons (Fsp3) is 0.261. The highest BCUT2D eigenvalue weighted by Gasteiger charge is 2.45. The van der Waals surface area contributed by atoms with Gasteiger partial charge in [-0.25, -0.2) is 4.79 Å². The van der Waals surface area contributed by atoms with E-state index in [9.17, 15) is 34.6 Å². The van der Waals surface area contributed by atoms with Gasteiger partial charge in [0.15, 0.2) is 11.8 Å². The maximum atomic E-state index is 12.7. The first-order valence-corrected chi connectivity index (χ1v) is 11.2. The number of halogens is 1. The molecule has 0 bridgehead atoms. The molecule has 1 fully saturated rings. The SMILES string of the molecule is NC(CCOc1ccc(/C(=N/O)C(=O)N[C@H]2CN([C@@H](C(=O)O)c3ccc(O)c(Cl)c3)C2=O)cc1)C(=O)O. The van der Waals surface area contributed by atoms with Gasteiger partial charge in [-0.05, 0) is 42.0 Å². The summed E-state index contributed by atoms with van der Waals surface area (Å²) in [6.45, 7) is -0.0910. The van der Waals surface area contributed by atoms with Crippen molar-refractivity contribution in [2.75, 3.05) is 13.2 Å². The van der Waals surface area contributed by atoms with Gasteiger partial charge in [-0.1, -0.05) is 22.8 Å². The summed E-state index contributed by atoms with van der Waals surface area (Å²) >= 11 is 5.86. The van der Waals surface area contributed by atoms with Crippen molar-refractivity contribution in [1.29, 1.82) is 0 Å². The number of aliphatic carboxylic acids is 2. The number of β-lactam (4-membered cyclic amide) rings is 1. The van der Waals surface area contributed by atoms with E-state index in [4.69, 9.17) is 27.2 Å². The molecule has 13 nitrogen and oxygen atoms in total. The molecule has 3 atom stereocenters. The number of nitrogens with zero attached hydrogens (tertiary/aromatic N) is 2. The molecule has 37 heavy (non-hydrogen) atoms. The molecule has 0 spiro atoms. The number of aromatic hydroxyl groups is 1. The Bertz CT molecular complexity index is 1240. The van der Waals surface area contributed by atoms with Crippen molar-refractivity contribution < 1.29 is 44.4 Å². The summed E-state index contributed by atoms with van der Waals surface area (Å²) in [4.78, 5) is 48.9. The zero-order valence-corrected chi connectivity index (χ0v) is 19.8. The molecule has 1 saturated heterocycles. The number of amides is 2. The number of hydrogen-bond donors (Lipinski definition) is 6. The molecule has 0 radical (unpaired) electrons. The van der Waals surface area contributed by atoms with Crippen molar-refractivity contribution >= 4 is 41.1 Å². The molecule has 1 aliphatic heterocycles. The fourth-order valence-electron chi connectivity index (χ4n) is 3.54. The first-order chi connectivity index (χ1) is 17.5. The van der Waals surface area contributed by atoms with Crippen LogP contribution < -0.4 is 15.8 Å². The van der Waals surface area contributed by atoms with Crippen molar-refractivity contribution in [2.24, 2.45) is 10.9 Å².